The average molecular weight is 333 g/mol. The molecule has 2 N–H and O–H groups in total. The van der Waals surface area contributed by atoms with Gasteiger partial charge in [0.15, 0.2) is 0 Å². The van der Waals surface area contributed by atoms with E-state index in [9.17, 15) is 9.90 Å². The summed E-state index contributed by atoms with van der Waals surface area (Å²) in [5, 5.41) is 13.9. The molecular weight excluding hydrogens is 315 g/mol. The van der Waals surface area contributed by atoms with Gasteiger partial charge in [-0.05, 0) is 19.1 Å². The van der Waals surface area contributed by atoms with Gasteiger partial charge in [-0.2, -0.15) is 0 Å². The van der Waals surface area contributed by atoms with Crippen LogP contribution in [0.4, 0.5) is 0 Å². The molecule has 1 aliphatic heterocycles. The largest absolute Gasteiger partial charge is 0.506 e. The first-order valence-corrected chi connectivity index (χ1v) is 7.56. The third-order valence-corrected chi connectivity index (χ3v) is 3.90. The van der Waals surface area contributed by atoms with Crippen LogP contribution in [0, 0.1) is 0 Å². The van der Waals surface area contributed by atoms with Crippen LogP contribution in [-0.4, -0.2) is 48.3 Å². The lowest BCUT2D eigenvalue weighted by Gasteiger charge is -2.34. The monoisotopic (exact) mass is 332 g/mol. The molecule has 1 fully saturated rings. The highest BCUT2D eigenvalue weighted by Crippen LogP contribution is 2.32. The normalized spacial score (nSPS) is 19.5. The molecule has 1 atom stereocenters. The lowest BCUT2D eigenvalue weighted by Crippen LogP contribution is -2.54. The van der Waals surface area contributed by atoms with Crippen LogP contribution in [0.5, 0.6) is 5.75 Å². The van der Waals surface area contributed by atoms with Crippen LogP contribution < -0.4 is 5.32 Å². The van der Waals surface area contributed by atoms with Crippen LogP contribution in [0.3, 0.4) is 0 Å². The van der Waals surface area contributed by atoms with Crippen LogP contribution in [0.1, 0.15) is 12.5 Å². The summed E-state index contributed by atoms with van der Waals surface area (Å²) in [5.74, 6) is -0.264. The molecular formula is C14H18Cl2N2O3. The number of benzene rings is 1. The minimum absolute atomic E-state index is 0.00204. The maximum Gasteiger partial charge on any atom is 0.324 e. The summed E-state index contributed by atoms with van der Waals surface area (Å²) < 4.78 is 5.09. The summed E-state index contributed by atoms with van der Waals surface area (Å²) >= 11 is 11.9. The topological polar surface area (TPSA) is 61.8 Å². The Bertz CT molecular complexity index is 525. The van der Waals surface area contributed by atoms with E-state index in [0.29, 0.717) is 36.8 Å². The number of carbonyl (C=O) groups excluding carboxylic acids is 1. The van der Waals surface area contributed by atoms with Gasteiger partial charge in [-0.15, -0.1) is 0 Å². The maximum absolute atomic E-state index is 12.0. The summed E-state index contributed by atoms with van der Waals surface area (Å²) in [4.78, 5) is 14.0. The van der Waals surface area contributed by atoms with Gasteiger partial charge in [-0.1, -0.05) is 23.2 Å². The number of aromatic hydroxyl groups is 1. The number of halogens is 2. The number of phenolic OH excluding ortho intramolecular Hbond substituents is 1. The summed E-state index contributed by atoms with van der Waals surface area (Å²) in [7, 11) is 0. The Morgan fingerprint density at radius 2 is 2.29 bits per heavy atom. The van der Waals surface area contributed by atoms with E-state index < -0.39 is 0 Å². The molecule has 0 bridgehead atoms. The molecule has 0 saturated carbocycles. The molecule has 0 amide bonds. The Morgan fingerprint density at radius 1 is 1.52 bits per heavy atom. The highest BCUT2D eigenvalue weighted by Gasteiger charge is 2.30. The zero-order chi connectivity index (χ0) is 15.4. The fourth-order valence-electron chi connectivity index (χ4n) is 2.37. The summed E-state index contributed by atoms with van der Waals surface area (Å²) in [6.07, 6.45) is 0. The van der Waals surface area contributed by atoms with E-state index in [1.807, 2.05) is 4.90 Å². The highest BCUT2D eigenvalue weighted by molar-refractivity contribution is 6.35. The van der Waals surface area contributed by atoms with Crippen molar-refractivity contribution < 1.29 is 14.6 Å². The van der Waals surface area contributed by atoms with E-state index in [-0.39, 0.29) is 22.8 Å². The standard InChI is InChI=1S/C14H18Cl2N2O3/c1-2-21-14(20)12-7-17-3-4-18(12)8-9-5-10(15)6-11(16)13(9)19/h5-6,12,17,19H,2-4,7-8H2,1H3. The Balaban J connectivity index is 2.17. The van der Waals surface area contributed by atoms with Crippen LogP contribution in [-0.2, 0) is 16.1 Å². The molecule has 0 spiro atoms. The smallest absolute Gasteiger partial charge is 0.324 e. The van der Waals surface area contributed by atoms with Gasteiger partial charge < -0.3 is 15.2 Å². The third-order valence-electron chi connectivity index (χ3n) is 3.39. The fourth-order valence-corrected chi connectivity index (χ4v) is 2.90. The van der Waals surface area contributed by atoms with E-state index in [0.717, 1.165) is 6.54 Å². The Morgan fingerprint density at radius 3 is 3.00 bits per heavy atom. The van der Waals surface area contributed by atoms with Crippen LogP contribution in [0.15, 0.2) is 12.1 Å². The number of piperazine rings is 1. The van der Waals surface area contributed by atoms with Gasteiger partial charge in [0.25, 0.3) is 0 Å². The number of carbonyl (C=O) groups is 1. The van der Waals surface area contributed by atoms with E-state index in [4.69, 9.17) is 27.9 Å². The Labute approximate surface area is 133 Å². The van der Waals surface area contributed by atoms with Gasteiger partial charge in [0, 0.05) is 36.8 Å². The molecule has 0 aromatic heterocycles. The van der Waals surface area contributed by atoms with Crippen molar-refractivity contribution in [2.45, 2.75) is 19.5 Å². The molecule has 0 aliphatic carbocycles. The second-order valence-corrected chi connectivity index (χ2v) is 5.68. The number of phenols is 1. The molecule has 1 unspecified atom stereocenters. The zero-order valence-corrected chi connectivity index (χ0v) is 13.2. The minimum atomic E-state index is -0.379. The van der Waals surface area contributed by atoms with Crippen LogP contribution in [0.25, 0.3) is 0 Å². The number of esters is 1. The first-order valence-electron chi connectivity index (χ1n) is 6.81. The Hall–Kier alpha value is -1.01. The van der Waals surface area contributed by atoms with Gasteiger partial charge in [0.1, 0.15) is 11.8 Å². The van der Waals surface area contributed by atoms with E-state index in [1.54, 1.807) is 13.0 Å². The fraction of sp³-hybridized carbons (Fsp3) is 0.500. The van der Waals surface area contributed by atoms with Crippen molar-refractivity contribution in [3.05, 3.63) is 27.7 Å². The van der Waals surface area contributed by atoms with Crippen molar-refractivity contribution in [2.24, 2.45) is 0 Å². The molecule has 1 aromatic carbocycles. The number of hydrogen-bond donors (Lipinski definition) is 2. The number of ether oxygens (including phenoxy) is 1. The van der Waals surface area contributed by atoms with Crippen molar-refractivity contribution in [1.82, 2.24) is 10.2 Å². The average Bonchev–Trinajstić information content (AvgIpc) is 2.45. The molecule has 1 aromatic rings. The summed E-state index contributed by atoms with van der Waals surface area (Å²) in [6, 6.07) is 2.77. The van der Waals surface area contributed by atoms with E-state index in [1.165, 1.54) is 6.07 Å². The zero-order valence-electron chi connectivity index (χ0n) is 11.7. The molecule has 7 heteroatoms. The molecule has 116 valence electrons. The second kappa shape index (κ2) is 7.31. The Kier molecular flexibility index (Phi) is 5.70. The van der Waals surface area contributed by atoms with Crippen molar-refractivity contribution >= 4 is 29.2 Å². The molecule has 21 heavy (non-hydrogen) atoms. The van der Waals surface area contributed by atoms with Gasteiger partial charge in [0.2, 0.25) is 0 Å². The third kappa shape index (κ3) is 4.01. The lowest BCUT2D eigenvalue weighted by molar-refractivity contribution is -0.150. The molecule has 2 rings (SSSR count). The maximum atomic E-state index is 12.0. The van der Waals surface area contributed by atoms with E-state index >= 15 is 0 Å². The van der Waals surface area contributed by atoms with Gasteiger partial charge in [0.05, 0.1) is 11.6 Å². The highest BCUT2D eigenvalue weighted by atomic mass is 35.5. The summed E-state index contributed by atoms with van der Waals surface area (Å²) in [5.41, 5.74) is 0.601. The van der Waals surface area contributed by atoms with Gasteiger partial charge in [-0.25, -0.2) is 0 Å². The van der Waals surface area contributed by atoms with Crippen molar-refractivity contribution in [1.29, 1.82) is 0 Å². The first-order chi connectivity index (χ1) is 10.0. The molecule has 0 radical (unpaired) electrons. The first kappa shape index (κ1) is 16.4. The SMILES string of the molecule is CCOC(=O)C1CNCCN1Cc1cc(Cl)cc(Cl)c1O. The predicted octanol–water partition coefficient (Wildman–Crippen LogP) is 2.04. The molecule has 1 heterocycles. The van der Waals surface area contributed by atoms with Crippen LogP contribution in [0.2, 0.25) is 10.0 Å². The lowest BCUT2D eigenvalue weighted by atomic mass is 10.1. The van der Waals surface area contributed by atoms with Crippen molar-refractivity contribution in [2.75, 3.05) is 26.2 Å². The number of nitrogens with zero attached hydrogens (tertiary/aromatic N) is 1. The second-order valence-electron chi connectivity index (χ2n) is 4.84. The minimum Gasteiger partial charge on any atom is -0.506 e. The number of hydrogen-bond acceptors (Lipinski definition) is 5. The molecule has 1 saturated heterocycles. The summed E-state index contributed by atoms with van der Waals surface area (Å²) in [6.45, 7) is 4.47. The van der Waals surface area contributed by atoms with Crippen LogP contribution >= 0.6 is 23.2 Å². The quantitative estimate of drug-likeness (QED) is 0.826. The molecule has 5 nitrogen and oxygen atoms in total. The predicted molar refractivity (Wildman–Crippen MR) is 81.8 cm³/mol. The van der Waals surface area contributed by atoms with Crippen molar-refractivity contribution in [3.63, 3.8) is 0 Å². The van der Waals surface area contributed by atoms with Crippen molar-refractivity contribution in [3.8, 4) is 5.75 Å². The van der Waals surface area contributed by atoms with Gasteiger partial charge >= 0.3 is 5.97 Å². The number of nitrogens with one attached hydrogen (secondary N) is 1. The molecule has 1 aliphatic rings. The van der Waals surface area contributed by atoms with Gasteiger partial charge in [-0.3, -0.25) is 9.69 Å². The number of rotatable bonds is 4. The van der Waals surface area contributed by atoms with E-state index in [2.05, 4.69) is 5.32 Å².